The molecule has 0 saturated heterocycles. The van der Waals surface area contributed by atoms with Crippen molar-refractivity contribution in [3.8, 4) is 11.3 Å². The molecule has 0 aliphatic carbocycles. The van der Waals surface area contributed by atoms with E-state index in [0.717, 1.165) is 6.33 Å². The number of aromatic nitrogens is 2. The summed E-state index contributed by atoms with van der Waals surface area (Å²) in [5.74, 6) is -1.61. The SMILES string of the molecule is CCOC(=O)c1ncnc(-c2ccc(Cl)cc2)c1F. The number of rotatable bonds is 3. The van der Waals surface area contributed by atoms with E-state index in [0.29, 0.717) is 10.6 Å². The van der Waals surface area contributed by atoms with E-state index >= 15 is 0 Å². The van der Waals surface area contributed by atoms with Crippen LogP contribution >= 0.6 is 11.6 Å². The first-order chi connectivity index (χ1) is 9.13. The largest absolute Gasteiger partial charge is 0.461 e. The Morgan fingerprint density at radius 2 is 2.00 bits per heavy atom. The van der Waals surface area contributed by atoms with Crippen molar-refractivity contribution in [1.82, 2.24) is 9.97 Å². The van der Waals surface area contributed by atoms with Gasteiger partial charge in [0.1, 0.15) is 12.0 Å². The Morgan fingerprint density at radius 3 is 2.63 bits per heavy atom. The second kappa shape index (κ2) is 5.75. The summed E-state index contributed by atoms with van der Waals surface area (Å²) in [4.78, 5) is 19.0. The molecule has 0 saturated carbocycles. The molecule has 0 radical (unpaired) electrons. The van der Waals surface area contributed by atoms with Crippen LogP contribution in [-0.4, -0.2) is 22.5 Å². The highest BCUT2D eigenvalue weighted by Gasteiger charge is 2.19. The van der Waals surface area contributed by atoms with Crippen molar-refractivity contribution in [1.29, 1.82) is 0 Å². The molecule has 0 aliphatic rings. The molecule has 6 heteroatoms. The van der Waals surface area contributed by atoms with Crippen molar-refractivity contribution in [2.24, 2.45) is 0 Å². The normalized spacial score (nSPS) is 10.3. The van der Waals surface area contributed by atoms with E-state index in [1.54, 1.807) is 31.2 Å². The third kappa shape index (κ3) is 2.88. The third-order valence-corrected chi connectivity index (χ3v) is 2.63. The zero-order chi connectivity index (χ0) is 13.8. The summed E-state index contributed by atoms with van der Waals surface area (Å²) in [5.41, 5.74) is 0.173. The summed E-state index contributed by atoms with van der Waals surface area (Å²) in [7, 11) is 0. The molecule has 98 valence electrons. The zero-order valence-corrected chi connectivity index (χ0v) is 10.8. The number of carbonyl (C=O) groups excluding carboxylic acids is 1. The van der Waals surface area contributed by atoms with Gasteiger partial charge in [-0.05, 0) is 19.1 Å². The summed E-state index contributed by atoms with van der Waals surface area (Å²) >= 11 is 5.76. The molecule has 0 fully saturated rings. The monoisotopic (exact) mass is 280 g/mol. The van der Waals surface area contributed by atoms with Crippen molar-refractivity contribution in [3.63, 3.8) is 0 Å². The quantitative estimate of drug-likeness (QED) is 0.811. The van der Waals surface area contributed by atoms with Crippen LogP contribution in [0.2, 0.25) is 5.02 Å². The molecule has 19 heavy (non-hydrogen) atoms. The topological polar surface area (TPSA) is 52.1 Å². The number of halogens is 2. The second-order valence-corrected chi connectivity index (χ2v) is 4.05. The third-order valence-electron chi connectivity index (χ3n) is 2.38. The van der Waals surface area contributed by atoms with E-state index in [2.05, 4.69) is 9.97 Å². The number of benzene rings is 1. The van der Waals surface area contributed by atoms with E-state index in [1.807, 2.05) is 0 Å². The number of carbonyl (C=O) groups is 1. The van der Waals surface area contributed by atoms with E-state index in [1.165, 1.54) is 0 Å². The predicted octanol–water partition coefficient (Wildman–Crippen LogP) is 3.11. The maximum atomic E-state index is 14.2. The number of ether oxygens (including phenoxy) is 1. The second-order valence-electron chi connectivity index (χ2n) is 3.61. The average molecular weight is 281 g/mol. The van der Waals surface area contributed by atoms with Crippen LogP contribution < -0.4 is 0 Å². The molecule has 0 atom stereocenters. The predicted molar refractivity (Wildman–Crippen MR) is 68.4 cm³/mol. The fourth-order valence-corrected chi connectivity index (χ4v) is 1.65. The minimum Gasteiger partial charge on any atom is -0.461 e. The Balaban J connectivity index is 2.45. The minimum absolute atomic E-state index is 0.0368. The fourth-order valence-electron chi connectivity index (χ4n) is 1.52. The first kappa shape index (κ1) is 13.4. The van der Waals surface area contributed by atoms with Crippen LogP contribution in [0.3, 0.4) is 0 Å². The molecule has 1 aromatic heterocycles. The van der Waals surface area contributed by atoms with E-state index < -0.39 is 11.8 Å². The lowest BCUT2D eigenvalue weighted by atomic mass is 10.1. The molecule has 0 N–H and O–H groups in total. The smallest absolute Gasteiger partial charge is 0.360 e. The van der Waals surface area contributed by atoms with Crippen molar-refractivity contribution < 1.29 is 13.9 Å². The fraction of sp³-hybridized carbons (Fsp3) is 0.154. The van der Waals surface area contributed by atoms with Gasteiger partial charge in [-0.15, -0.1) is 0 Å². The number of esters is 1. The van der Waals surface area contributed by atoms with Gasteiger partial charge in [0.15, 0.2) is 11.5 Å². The highest BCUT2D eigenvalue weighted by atomic mass is 35.5. The molecule has 0 amide bonds. The van der Waals surface area contributed by atoms with E-state index in [9.17, 15) is 9.18 Å². The first-order valence-corrected chi connectivity index (χ1v) is 5.94. The van der Waals surface area contributed by atoms with Gasteiger partial charge < -0.3 is 4.74 Å². The van der Waals surface area contributed by atoms with Gasteiger partial charge in [0.25, 0.3) is 0 Å². The van der Waals surface area contributed by atoms with Crippen molar-refractivity contribution >= 4 is 17.6 Å². The van der Waals surface area contributed by atoms with Gasteiger partial charge in [0.2, 0.25) is 0 Å². The highest BCUT2D eigenvalue weighted by molar-refractivity contribution is 6.30. The van der Waals surface area contributed by atoms with Crippen molar-refractivity contribution in [2.75, 3.05) is 6.61 Å². The van der Waals surface area contributed by atoms with Gasteiger partial charge in [-0.1, -0.05) is 23.7 Å². The molecule has 0 unspecified atom stereocenters. The molecule has 2 rings (SSSR count). The van der Waals surface area contributed by atoms with Gasteiger partial charge in [-0.25, -0.2) is 19.2 Å². The Morgan fingerprint density at radius 1 is 1.32 bits per heavy atom. The Hall–Kier alpha value is -2.01. The Kier molecular flexibility index (Phi) is 4.06. The molecule has 2 aromatic rings. The molecular weight excluding hydrogens is 271 g/mol. The number of nitrogens with zero attached hydrogens (tertiary/aromatic N) is 2. The van der Waals surface area contributed by atoms with Crippen LogP contribution in [0, 0.1) is 5.82 Å². The minimum atomic E-state index is -0.808. The Labute approximate surface area is 114 Å². The summed E-state index contributed by atoms with van der Waals surface area (Å²) < 4.78 is 18.9. The van der Waals surface area contributed by atoms with Crippen molar-refractivity contribution in [3.05, 3.63) is 47.1 Å². The highest BCUT2D eigenvalue weighted by Crippen LogP contribution is 2.23. The average Bonchev–Trinajstić information content (AvgIpc) is 2.40. The standard InChI is InChI=1S/C13H10ClFN2O2/c1-2-19-13(18)12-10(15)11(16-7-17-12)8-3-5-9(14)6-4-8/h3-7H,2H2,1H3. The van der Waals surface area contributed by atoms with Crippen LogP contribution in [0.5, 0.6) is 0 Å². The van der Waals surface area contributed by atoms with Crippen LogP contribution in [-0.2, 0) is 4.74 Å². The van der Waals surface area contributed by atoms with E-state index in [4.69, 9.17) is 16.3 Å². The summed E-state index contributed by atoms with van der Waals surface area (Å²) in [6.45, 7) is 1.79. The van der Waals surface area contributed by atoms with Gasteiger partial charge in [0.05, 0.1) is 6.61 Å². The number of hydrogen-bond acceptors (Lipinski definition) is 4. The molecule has 0 bridgehead atoms. The number of hydrogen-bond donors (Lipinski definition) is 0. The molecule has 0 aliphatic heterocycles. The van der Waals surface area contributed by atoms with Gasteiger partial charge in [-0.2, -0.15) is 0 Å². The summed E-state index contributed by atoms with van der Waals surface area (Å²) in [5, 5.41) is 0.531. The lowest BCUT2D eigenvalue weighted by Crippen LogP contribution is -2.11. The van der Waals surface area contributed by atoms with Gasteiger partial charge in [0, 0.05) is 10.6 Å². The molecule has 1 aromatic carbocycles. The van der Waals surface area contributed by atoms with E-state index in [-0.39, 0.29) is 18.0 Å². The molecule has 1 heterocycles. The first-order valence-electron chi connectivity index (χ1n) is 5.57. The van der Waals surface area contributed by atoms with Crippen LogP contribution in [0.4, 0.5) is 4.39 Å². The van der Waals surface area contributed by atoms with Crippen LogP contribution in [0.1, 0.15) is 17.4 Å². The van der Waals surface area contributed by atoms with Gasteiger partial charge >= 0.3 is 5.97 Å². The maximum Gasteiger partial charge on any atom is 0.360 e. The molecule has 4 nitrogen and oxygen atoms in total. The summed E-state index contributed by atoms with van der Waals surface area (Å²) in [6.07, 6.45) is 1.12. The molecular formula is C13H10ClFN2O2. The zero-order valence-electron chi connectivity index (χ0n) is 10.1. The summed E-state index contributed by atoms with van der Waals surface area (Å²) in [6, 6.07) is 6.45. The molecule has 0 spiro atoms. The van der Waals surface area contributed by atoms with Gasteiger partial charge in [-0.3, -0.25) is 0 Å². The maximum absolute atomic E-state index is 14.2. The van der Waals surface area contributed by atoms with Crippen LogP contribution in [0.15, 0.2) is 30.6 Å². The lowest BCUT2D eigenvalue weighted by molar-refractivity contribution is 0.0513. The van der Waals surface area contributed by atoms with Crippen LogP contribution in [0.25, 0.3) is 11.3 Å². The lowest BCUT2D eigenvalue weighted by Gasteiger charge is -2.06. The van der Waals surface area contributed by atoms with Crippen molar-refractivity contribution in [2.45, 2.75) is 6.92 Å². The Bertz CT molecular complexity index is 602.